The average Bonchev–Trinajstić information content (AvgIpc) is 3.20. The fourth-order valence-electron chi connectivity index (χ4n) is 8.88. The molecule has 0 rings (SSSR count). The Hall–Kier alpha value is -0.120. The summed E-state index contributed by atoms with van der Waals surface area (Å²) in [5, 5.41) is 0. The molecular formula is C54H111NO2. The van der Waals surface area contributed by atoms with Crippen LogP contribution >= 0.6 is 0 Å². The van der Waals surface area contributed by atoms with Crippen LogP contribution in [0.15, 0.2) is 0 Å². The molecule has 0 amide bonds. The van der Waals surface area contributed by atoms with Gasteiger partial charge in [0, 0.05) is 13.2 Å². The van der Waals surface area contributed by atoms with Crippen molar-refractivity contribution in [3.8, 4) is 0 Å². The smallest absolute Gasteiger partial charge is 0.0654 e. The largest absolute Gasteiger partial charge is 0.375 e. The molecule has 0 radical (unpaired) electrons. The standard InChI is InChI=1S/C54H111NO2/c1-10-15-20-34-42-53(8,43-35-21-16-11-2)56-49-51(6)40-32-28-24-26-30-38-47-55(46-19-14-5)48-39-31-27-25-29-33-41-52(7)50-57-54(9,44-36-22-17-12-3)45-37-23-18-13-4/h51-52H,10-50H2,1-9H3. The second kappa shape index (κ2) is 41.2. The Labute approximate surface area is 362 Å². The Bertz CT molecular complexity index is 700. The fourth-order valence-corrected chi connectivity index (χ4v) is 8.88. The quantitative estimate of drug-likeness (QED) is 0.0572. The minimum atomic E-state index is 0.0962. The molecule has 344 valence electrons. The predicted molar refractivity (Wildman–Crippen MR) is 258 cm³/mol. The van der Waals surface area contributed by atoms with Crippen molar-refractivity contribution in [3.05, 3.63) is 0 Å². The van der Waals surface area contributed by atoms with Crippen LogP contribution in [-0.2, 0) is 9.47 Å². The lowest BCUT2D eigenvalue weighted by atomic mass is 9.91. The van der Waals surface area contributed by atoms with E-state index in [2.05, 4.69) is 67.2 Å². The van der Waals surface area contributed by atoms with Crippen molar-refractivity contribution < 1.29 is 9.47 Å². The maximum atomic E-state index is 6.71. The minimum Gasteiger partial charge on any atom is -0.375 e. The lowest BCUT2D eigenvalue weighted by molar-refractivity contribution is -0.0610. The number of rotatable bonds is 47. The molecule has 3 heteroatoms. The van der Waals surface area contributed by atoms with Crippen LogP contribution in [0.1, 0.15) is 293 Å². The van der Waals surface area contributed by atoms with Crippen molar-refractivity contribution in [3.63, 3.8) is 0 Å². The van der Waals surface area contributed by atoms with Crippen molar-refractivity contribution >= 4 is 0 Å². The summed E-state index contributed by atoms with van der Waals surface area (Å²) in [5.74, 6) is 1.38. The van der Waals surface area contributed by atoms with Gasteiger partial charge in [-0.3, -0.25) is 0 Å². The molecule has 0 spiro atoms. The number of hydrogen-bond donors (Lipinski definition) is 0. The Morgan fingerprint density at radius 1 is 0.333 bits per heavy atom. The molecule has 0 fully saturated rings. The van der Waals surface area contributed by atoms with E-state index in [1.54, 1.807) is 0 Å². The van der Waals surface area contributed by atoms with Crippen LogP contribution < -0.4 is 0 Å². The molecule has 0 heterocycles. The van der Waals surface area contributed by atoms with Gasteiger partial charge in [-0.2, -0.15) is 0 Å². The monoisotopic (exact) mass is 806 g/mol. The summed E-state index contributed by atoms with van der Waals surface area (Å²) in [6.07, 6.45) is 48.7. The van der Waals surface area contributed by atoms with E-state index in [9.17, 15) is 0 Å². The zero-order valence-corrected chi connectivity index (χ0v) is 41.4. The van der Waals surface area contributed by atoms with Crippen molar-refractivity contribution in [1.29, 1.82) is 0 Å². The Morgan fingerprint density at radius 3 is 0.912 bits per heavy atom. The van der Waals surface area contributed by atoms with E-state index in [1.807, 2.05) is 0 Å². The van der Waals surface area contributed by atoms with Gasteiger partial charge in [0.05, 0.1) is 11.2 Å². The van der Waals surface area contributed by atoms with Crippen molar-refractivity contribution in [2.75, 3.05) is 32.8 Å². The molecule has 0 saturated heterocycles. The van der Waals surface area contributed by atoms with E-state index >= 15 is 0 Å². The summed E-state index contributed by atoms with van der Waals surface area (Å²) >= 11 is 0. The second-order valence-electron chi connectivity index (χ2n) is 20.0. The summed E-state index contributed by atoms with van der Waals surface area (Å²) in [4.78, 5) is 2.80. The lowest BCUT2D eigenvalue weighted by Crippen LogP contribution is -2.31. The Kier molecular flexibility index (Phi) is 41.2. The first kappa shape index (κ1) is 56.9. The van der Waals surface area contributed by atoms with Crippen LogP contribution in [0.4, 0.5) is 0 Å². The van der Waals surface area contributed by atoms with Crippen LogP contribution in [0.5, 0.6) is 0 Å². The number of unbranched alkanes of at least 4 members (excludes halogenated alkanes) is 23. The Balaban J connectivity index is 4.15. The third kappa shape index (κ3) is 37.4. The van der Waals surface area contributed by atoms with Gasteiger partial charge in [0.25, 0.3) is 0 Å². The molecule has 0 aromatic heterocycles. The van der Waals surface area contributed by atoms with Gasteiger partial charge in [0.15, 0.2) is 0 Å². The molecule has 0 aliphatic carbocycles. The molecule has 0 bridgehead atoms. The Morgan fingerprint density at radius 2 is 0.596 bits per heavy atom. The van der Waals surface area contributed by atoms with Gasteiger partial charge in [0.2, 0.25) is 0 Å². The van der Waals surface area contributed by atoms with Gasteiger partial charge in [-0.25, -0.2) is 0 Å². The van der Waals surface area contributed by atoms with Crippen molar-refractivity contribution in [2.45, 2.75) is 305 Å². The normalized spacial score (nSPS) is 13.6. The summed E-state index contributed by atoms with van der Waals surface area (Å²) < 4.78 is 13.4. The second-order valence-corrected chi connectivity index (χ2v) is 20.0. The van der Waals surface area contributed by atoms with Gasteiger partial charge in [-0.15, -0.1) is 0 Å². The highest BCUT2D eigenvalue weighted by Gasteiger charge is 2.26. The van der Waals surface area contributed by atoms with E-state index in [-0.39, 0.29) is 11.2 Å². The molecule has 3 nitrogen and oxygen atoms in total. The van der Waals surface area contributed by atoms with Crippen LogP contribution in [0.3, 0.4) is 0 Å². The average molecular weight is 806 g/mol. The van der Waals surface area contributed by atoms with Crippen LogP contribution in [0.25, 0.3) is 0 Å². The highest BCUT2D eigenvalue weighted by molar-refractivity contribution is 4.77. The third-order valence-electron chi connectivity index (χ3n) is 13.3. The van der Waals surface area contributed by atoms with Gasteiger partial charge in [0.1, 0.15) is 0 Å². The van der Waals surface area contributed by atoms with E-state index in [1.165, 1.54) is 251 Å². The topological polar surface area (TPSA) is 21.7 Å². The highest BCUT2D eigenvalue weighted by Crippen LogP contribution is 2.30. The van der Waals surface area contributed by atoms with Gasteiger partial charge < -0.3 is 14.4 Å². The number of ether oxygens (including phenoxy) is 2. The van der Waals surface area contributed by atoms with Crippen LogP contribution in [0, 0.1) is 11.8 Å². The van der Waals surface area contributed by atoms with Crippen molar-refractivity contribution in [2.24, 2.45) is 11.8 Å². The zero-order chi connectivity index (χ0) is 42.1. The number of nitrogens with zero attached hydrogens (tertiary/aromatic N) is 1. The molecule has 0 aromatic carbocycles. The molecule has 2 atom stereocenters. The van der Waals surface area contributed by atoms with Crippen LogP contribution in [-0.4, -0.2) is 49.0 Å². The lowest BCUT2D eigenvalue weighted by Gasteiger charge is -2.32. The third-order valence-corrected chi connectivity index (χ3v) is 13.3. The van der Waals surface area contributed by atoms with Crippen molar-refractivity contribution in [1.82, 2.24) is 4.90 Å². The van der Waals surface area contributed by atoms with Gasteiger partial charge >= 0.3 is 0 Å². The molecule has 2 unspecified atom stereocenters. The molecule has 0 aliphatic heterocycles. The van der Waals surface area contributed by atoms with Crippen LogP contribution in [0.2, 0.25) is 0 Å². The molecule has 57 heavy (non-hydrogen) atoms. The molecule has 0 saturated carbocycles. The fraction of sp³-hybridized carbons (Fsp3) is 1.00. The van der Waals surface area contributed by atoms with E-state index in [0.717, 1.165) is 13.2 Å². The molecule has 0 aliphatic rings. The van der Waals surface area contributed by atoms with Gasteiger partial charge in [-0.1, -0.05) is 222 Å². The summed E-state index contributed by atoms with van der Waals surface area (Å²) in [7, 11) is 0. The maximum Gasteiger partial charge on any atom is 0.0654 e. The molecular weight excluding hydrogens is 695 g/mol. The SMILES string of the molecule is CCCCCCC(C)(CCCCCC)OCC(C)CCCCCCCCN(CCCC)CCCCCCCCC(C)COC(C)(CCCCCC)CCCCCC. The first-order valence-corrected chi connectivity index (χ1v) is 26.7. The first-order chi connectivity index (χ1) is 27.7. The molecule has 0 aromatic rings. The summed E-state index contributed by atoms with van der Waals surface area (Å²) in [6, 6.07) is 0. The van der Waals surface area contributed by atoms with E-state index < -0.39 is 0 Å². The van der Waals surface area contributed by atoms with E-state index in [0.29, 0.717) is 11.8 Å². The van der Waals surface area contributed by atoms with E-state index in [4.69, 9.17) is 9.47 Å². The maximum absolute atomic E-state index is 6.71. The predicted octanol–water partition coefficient (Wildman–Crippen LogP) is 18.3. The summed E-state index contributed by atoms with van der Waals surface area (Å²) in [5.41, 5.74) is 0.192. The minimum absolute atomic E-state index is 0.0962. The first-order valence-electron chi connectivity index (χ1n) is 26.7. The number of hydrogen-bond acceptors (Lipinski definition) is 3. The molecule has 0 N–H and O–H groups in total. The zero-order valence-electron chi connectivity index (χ0n) is 41.4. The highest BCUT2D eigenvalue weighted by atomic mass is 16.5. The summed E-state index contributed by atoms with van der Waals surface area (Å²) in [6.45, 7) is 27.2. The van der Waals surface area contributed by atoms with Gasteiger partial charge in [-0.05, 0) is 103 Å².